The Kier molecular flexibility index (Phi) is 5.31. The number of nitrogens with zero attached hydrogens (tertiary/aromatic N) is 2. The molecular weight excluding hydrogens is 384 g/mol. The number of ether oxygens (including phenoxy) is 2. The van der Waals surface area contributed by atoms with Crippen LogP contribution in [0.1, 0.15) is 49.9 Å². The van der Waals surface area contributed by atoms with Gasteiger partial charge in [0.15, 0.2) is 11.5 Å². The van der Waals surface area contributed by atoms with Crippen molar-refractivity contribution in [3.05, 3.63) is 53.1 Å². The minimum atomic E-state index is -0.270. The lowest BCUT2D eigenvalue weighted by Crippen LogP contribution is -2.41. The Hall–Kier alpha value is -3.55. The van der Waals surface area contributed by atoms with Gasteiger partial charge in [-0.2, -0.15) is 5.10 Å². The van der Waals surface area contributed by atoms with Crippen molar-refractivity contribution >= 4 is 23.3 Å². The summed E-state index contributed by atoms with van der Waals surface area (Å²) < 4.78 is 11.1. The Morgan fingerprint density at radius 2 is 1.87 bits per heavy atom. The maximum absolute atomic E-state index is 12.8. The number of carbonyl (C=O) groups excluding carboxylic acids is 2. The lowest BCUT2D eigenvalue weighted by molar-refractivity contribution is -0.114. The number of rotatable bonds is 4. The molecule has 0 aliphatic carbocycles. The highest BCUT2D eigenvalue weighted by atomic mass is 16.7. The minimum absolute atomic E-state index is 0.136. The SMILES string of the molecule is CCCNC(=O)N1N=C(c2ccc(NC(C)=O)cc2)c2cc3c(cc2C1C)OCO3. The molecule has 0 spiro atoms. The topological polar surface area (TPSA) is 92.3 Å². The quantitative estimate of drug-likeness (QED) is 0.808. The lowest BCUT2D eigenvalue weighted by atomic mass is 9.91. The molecule has 2 N–H and O–H groups in total. The number of nitrogens with one attached hydrogen (secondary N) is 2. The summed E-state index contributed by atoms with van der Waals surface area (Å²) in [6.45, 7) is 6.15. The Morgan fingerprint density at radius 1 is 1.17 bits per heavy atom. The van der Waals surface area contributed by atoms with E-state index in [9.17, 15) is 9.59 Å². The molecule has 0 aromatic heterocycles. The summed E-state index contributed by atoms with van der Waals surface area (Å²) in [5, 5.41) is 11.8. The highest BCUT2D eigenvalue weighted by molar-refractivity contribution is 6.15. The maximum Gasteiger partial charge on any atom is 0.338 e. The molecule has 1 atom stereocenters. The first-order valence-corrected chi connectivity index (χ1v) is 9.95. The van der Waals surface area contributed by atoms with Gasteiger partial charge in [-0.05, 0) is 43.2 Å². The van der Waals surface area contributed by atoms with Gasteiger partial charge in [-0.15, -0.1) is 0 Å². The third kappa shape index (κ3) is 3.68. The van der Waals surface area contributed by atoms with Gasteiger partial charge in [-0.25, -0.2) is 9.80 Å². The smallest absolute Gasteiger partial charge is 0.338 e. The van der Waals surface area contributed by atoms with E-state index < -0.39 is 0 Å². The van der Waals surface area contributed by atoms with Crippen LogP contribution in [-0.4, -0.2) is 36.0 Å². The third-order valence-electron chi connectivity index (χ3n) is 5.04. The summed E-state index contributed by atoms with van der Waals surface area (Å²) in [4.78, 5) is 24.1. The van der Waals surface area contributed by atoms with Gasteiger partial charge >= 0.3 is 6.03 Å². The van der Waals surface area contributed by atoms with E-state index in [4.69, 9.17) is 14.6 Å². The first-order chi connectivity index (χ1) is 14.5. The summed E-state index contributed by atoms with van der Waals surface area (Å²) in [5.41, 5.74) is 3.99. The fourth-order valence-corrected chi connectivity index (χ4v) is 3.55. The van der Waals surface area contributed by atoms with Crippen molar-refractivity contribution in [3.8, 4) is 11.5 Å². The Labute approximate surface area is 174 Å². The van der Waals surface area contributed by atoms with E-state index in [2.05, 4.69) is 10.6 Å². The van der Waals surface area contributed by atoms with Crippen LogP contribution in [-0.2, 0) is 4.79 Å². The van der Waals surface area contributed by atoms with Crippen molar-refractivity contribution in [2.24, 2.45) is 5.10 Å². The average molecular weight is 408 g/mol. The van der Waals surface area contributed by atoms with Gasteiger partial charge in [-0.3, -0.25) is 4.79 Å². The van der Waals surface area contributed by atoms with Crippen LogP contribution in [0.2, 0.25) is 0 Å². The zero-order valence-corrected chi connectivity index (χ0v) is 17.2. The largest absolute Gasteiger partial charge is 0.454 e. The Morgan fingerprint density at radius 3 is 2.53 bits per heavy atom. The molecule has 8 nitrogen and oxygen atoms in total. The molecule has 30 heavy (non-hydrogen) atoms. The molecule has 2 heterocycles. The lowest BCUT2D eigenvalue weighted by Gasteiger charge is -2.32. The zero-order valence-electron chi connectivity index (χ0n) is 17.2. The molecular formula is C22H24N4O4. The van der Waals surface area contributed by atoms with Gasteiger partial charge in [0.05, 0.1) is 11.8 Å². The number of benzene rings is 2. The molecule has 156 valence electrons. The number of fused-ring (bicyclic) bond motifs is 2. The van der Waals surface area contributed by atoms with Crippen molar-refractivity contribution in [1.82, 2.24) is 10.3 Å². The molecule has 2 aliphatic heterocycles. The summed E-state index contributed by atoms with van der Waals surface area (Å²) in [6, 6.07) is 10.7. The standard InChI is InChI=1S/C22H24N4O4/c1-4-9-23-22(28)26-13(2)17-10-19-20(30-12-29-19)11-18(17)21(25-26)15-5-7-16(8-6-15)24-14(3)27/h5-8,10-11,13H,4,9,12H2,1-3H3,(H,23,28)(H,24,27). The van der Waals surface area contributed by atoms with Gasteiger partial charge in [0.25, 0.3) is 0 Å². The van der Waals surface area contributed by atoms with Gasteiger partial charge < -0.3 is 20.1 Å². The molecule has 3 amide bonds. The first-order valence-electron chi connectivity index (χ1n) is 9.95. The van der Waals surface area contributed by atoms with Gasteiger partial charge in [0, 0.05) is 30.3 Å². The van der Waals surface area contributed by atoms with Crippen LogP contribution in [0.25, 0.3) is 0 Å². The number of hydrogen-bond donors (Lipinski definition) is 2. The zero-order chi connectivity index (χ0) is 21.3. The van der Waals surface area contributed by atoms with Crippen molar-refractivity contribution in [2.75, 3.05) is 18.7 Å². The fraction of sp³-hybridized carbons (Fsp3) is 0.318. The van der Waals surface area contributed by atoms with E-state index in [1.807, 2.05) is 50.2 Å². The van der Waals surface area contributed by atoms with E-state index >= 15 is 0 Å². The number of hydrogen-bond acceptors (Lipinski definition) is 5. The average Bonchev–Trinajstić information content (AvgIpc) is 3.19. The van der Waals surface area contributed by atoms with E-state index in [1.54, 1.807) is 0 Å². The second-order valence-electron chi connectivity index (χ2n) is 7.25. The van der Waals surface area contributed by atoms with E-state index in [0.29, 0.717) is 29.4 Å². The van der Waals surface area contributed by atoms with Gasteiger partial charge in [-0.1, -0.05) is 19.1 Å². The predicted octanol–water partition coefficient (Wildman–Crippen LogP) is 3.62. The molecule has 0 saturated heterocycles. The number of anilines is 1. The third-order valence-corrected chi connectivity index (χ3v) is 5.04. The summed E-state index contributed by atoms with van der Waals surface area (Å²) in [5.74, 6) is 1.19. The summed E-state index contributed by atoms with van der Waals surface area (Å²) >= 11 is 0. The molecule has 0 bridgehead atoms. The predicted molar refractivity (Wildman–Crippen MR) is 113 cm³/mol. The van der Waals surface area contributed by atoms with Crippen LogP contribution in [0, 0.1) is 0 Å². The highest BCUT2D eigenvalue weighted by Crippen LogP contribution is 2.41. The number of urea groups is 1. The van der Waals surface area contributed by atoms with Crippen LogP contribution in [0.5, 0.6) is 11.5 Å². The number of hydrazone groups is 1. The van der Waals surface area contributed by atoms with Crippen LogP contribution in [0.15, 0.2) is 41.5 Å². The van der Waals surface area contributed by atoms with Crippen LogP contribution in [0.3, 0.4) is 0 Å². The Bertz CT molecular complexity index is 1020. The number of carbonyl (C=O) groups is 2. The molecule has 2 aromatic rings. The molecule has 2 aromatic carbocycles. The molecule has 0 radical (unpaired) electrons. The first kappa shape index (κ1) is 19.8. The number of amides is 3. The van der Waals surface area contributed by atoms with E-state index in [0.717, 1.165) is 23.1 Å². The molecule has 4 rings (SSSR count). The van der Waals surface area contributed by atoms with Crippen molar-refractivity contribution in [3.63, 3.8) is 0 Å². The van der Waals surface area contributed by atoms with Crippen molar-refractivity contribution in [2.45, 2.75) is 33.2 Å². The Balaban J connectivity index is 1.77. The van der Waals surface area contributed by atoms with Gasteiger partial charge in [0.2, 0.25) is 12.7 Å². The molecule has 0 fully saturated rings. The normalized spacial score (nSPS) is 16.6. The summed E-state index contributed by atoms with van der Waals surface area (Å²) in [7, 11) is 0. The van der Waals surface area contributed by atoms with Gasteiger partial charge in [0.1, 0.15) is 0 Å². The molecule has 0 saturated carbocycles. The monoisotopic (exact) mass is 408 g/mol. The van der Waals surface area contributed by atoms with Crippen LogP contribution < -0.4 is 20.1 Å². The second-order valence-corrected chi connectivity index (χ2v) is 7.25. The van der Waals surface area contributed by atoms with Crippen LogP contribution >= 0.6 is 0 Å². The van der Waals surface area contributed by atoms with E-state index in [-0.39, 0.29) is 24.8 Å². The highest BCUT2D eigenvalue weighted by Gasteiger charge is 2.33. The minimum Gasteiger partial charge on any atom is -0.454 e. The second kappa shape index (κ2) is 8.06. The summed E-state index contributed by atoms with van der Waals surface area (Å²) in [6.07, 6.45) is 0.838. The van der Waals surface area contributed by atoms with Crippen molar-refractivity contribution in [1.29, 1.82) is 0 Å². The molecule has 8 heteroatoms. The van der Waals surface area contributed by atoms with Crippen LogP contribution in [0.4, 0.5) is 10.5 Å². The maximum atomic E-state index is 12.8. The molecule has 2 aliphatic rings. The van der Waals surface area contributed by atoms with E-state index in [1.165, 1.54) is 11.9 Å². The molecule has 1 unspecified atom stereocenters. The van der Waals surface area contributed by atoms with Crippen molar-refractivity contribution < 1.29 is 19.1 Å². The fourth-order valence-electron chi connectivity index (χ4n) is 3.55.